The third-order valence-electron chi connectivity index (χ3n) is 5.10. The number of hydrogen-bond donors (Lipinski definition) is 1. The Balaban J connectivity index is 1.55. The van der Waals surface area contributed by atoms with Crippen LogP contribution in [0.5, 0.6) is 0 Å². The van der Waals surface area contributed by atoms with Crippen LogP contribution in [0.3, 0.4) is 0 Å². The molecule has 0 radical (unpaired) electrons. The van der Waals surface area contributed by atoms with Gasteiger partial charge in [0, 0.05) is 11.4 Å². The highest BCUT2D eigenvalue weighted by molar-refractivity contribution is 7.99. The van der Waals surface area contributed by atoms with Gasteiger partial charge in [-0.15, -0.1) is 11.3 Å². The number of amides is 1. The second-order valence-electron chi connectivity index (χ2n) is 7.21. The van der Waals surface area contributed by atoms with Gasteiger partial charge in [-0.25, -0.2) is 4.98 Å². The van der Waals surface area contributed by atoms with Crippen LogP contribution in [0.4, 0.5) is 0 Å². The van der Waals surface area contributed by atoms with E-state index >= 15 is 0 Å². The van der Waals surface area contributed by atoms with E-state index in [4.69, 9.17) is 4.98 Å². The molecule has 0 aliphatic carbocycles. The number of carbonyl (C=O) groups is 1. The van der Waals surface area contributed by atoms with E-state index in [2.05, 4.69) is 5.32 Å². The Morgan fingerprint density at radius 3 is 2.45 bits per heavy atom. The molecule has 0 atom stereocenters. The second-order valence-corrected chi connectivity index (χ2v) is 9.35. The lowest BCUT2D eigenvalue weighted by molar-refractivity contribution is -0.118. The van der Waals surface area contributed by atoms with E-state index in [-0.39, 0.29) is 17.2 Å². The van der Waals surface area contributed by atoms with Crippen molar-refractivity contribution in [2.45, 2.75) is 25.4 Å². The van der Waals surface area contributed by atoms with Crippen LogP contribution in [-0.4, -0.2) is 27.8 Å². The van der Waals surface area contributed by atoms with Crippen molar-refractivity contribution < 1.29 is 4.79 Å². The number of fused-ring (bicyclic) bond motifs is 1. The van der Waals surface area contributed by atoms with E-state index in [0.29, 0.717) is 17.1 Å². The van der Waals surface area contributed by atoms with E-state index < -0.39 is 0 Å². The van der Waals surface area contributed by atoms with Gasteiger partial charge >= 0.3 is 0 Å². The molecule has 4 rings (SSSR count). The maximum Gasteiger partial charge on any atom is 0.267 e. The molecule has 158 valence electrons. The predicted molar refractivity (Wildman–Crippen MR) is 129 cm³/mol. The molecular weight excluding hydrogens is 426 g/mol. The van der Waals surface area contributed by atoms with Gasteiger partial charge in [-0.05, 0) is 43.5 Å². The zero-order valence-corrected chi connectivity index (χ0v) is 19.1. The zero-order chi connectivity index (χ0) is 21.8. The lowest BCUT2D eigenvalue weighted by Crippen LogP contribution is -2.28. The molecule has 0 saturated carbocycles. The van der Waals surface area contributed by atoms with Gasteiger partial charge in [-0.3, -0.25) is 14.2 Å². The molecule has 2 aromatic heterocycles. The van der Waals surface area contributed by atoms with E-state index in [1.54, 1.807) is 4.57 Å². The number of nitrogens with one attached hydrogen (secondary N) is 1. The van der Waals surface area contributed by atoms with E-state index in [1.165, 1.54) is 28.7 Å². The molecule has 0 aliphatic rings. The molecule has 31 heavy (non-hydrogen) atoms. The molecule has 5 nitrogen and oxygen atoms in total. The highest BCUT2D eigenvalue weighted by atomic mass is 32.2. The number of nitrogens with zero attached hydrogens (tertiary/aromatic N) is 2. The largest absolute Gasteiger partial charge is 0.355 e. The van der Waals surface area contributed by atoms with E-state index in [0.717, 1.165) is 27.4 Å². The van der Waals surface area contributed by atoms with Crippen molar-refractivity contribution in [2.75, 3.05) is 12.3 Å². The maximum atomic E-state index is 13.4. The molecule has 1 N–H and O–H groups in total. The fourth-order valence-electron chi connectivity index (χ4n) is 3.35. The number of para-hydroxylation sites is 1. The van der Waals surface area contributed by atoms with Crippen molar-refractivity contribution in [1.82, 2.24) is 14.9 Å². The zero-order valence-electron chi connectivity index (χ0n) is 17.4. The van der Waals surface area contributed by atoms with Crippen LogP contribution in [0.15, 0.2) is 70.6 Å². The maximum absolute atomic E-state index is 13.4. The fourth-order valence-corrected chi connectivity index (χ4v) is 5.26. The molecule has 0 fully saturated rings. The number of thiophene rings is 1. The fraction of sp³-hybridized carbons (Fsp3) is 0.208. The quantitative estimate of drug-likeness (QED) is 0.333. The summed E-state index contributed by atoms with van der Waals surface area (Å²) in [4.78, 5) is 32.4. The minimum atomic E-state index is -0.0926. The summed E-state index contributed by atoms with van der Waals surface area (Å²) in [5.41, 5.74) is 2.81. The first-order valence-electron chi connectivity index (χ1n) is 10.1. The van der Waals surface area contributed by atoms with Crippen molar-refractivity contribution in [3.63, 3.8) is 0 Å². The van der Waals surface area contributed by atoms with E-state index in [9.17, 15) is 9.59 Å². The number of thioether (sulfide) groups is 1. The normalized spacial score (nSPS) is 11.0. The molecule has 2 aromatic carbocycles. The molecule has 0 spiro atoms. The summed E-state index contributed by atoms with van der Waals surface area (Å²) in [6.45, 7) is 4.53. The molecule has 4 aromatic rings. The van der Waals surface area contributed by atoms with E-state index in [1.807, 2.05) is 74.5 Å². The Morgan fingerprint density at radius 1 is 1.06 bits per heavy atom. The average molecular weight is 450 g/mol. The van der Waals surface area contributed by atoms with Crippen LogP contribution in [0.2, 0.25) is 0 Å². The smallest absolute Gasteiger partial charge is 0.267 e. The SMILES string of the molecule is Cc1sc2nc(SCC(=O)NCCc3ccccc3)n(-c3ccccc3)c(=O)c2c1C. The minimum absolute atomic E-state index is 0.0755. The molecule has 0 saturated heterocycles. The summed E-state index contributed by atoms with van der Waals surface area (Å²) in [5.74, 6) is 0.122. The van der Waals surface area contributed by atoms with Crippen LogP contribution in [0.1, 0.15) is 16.0 Å². The Kier molecular flexibility index (Phi) is 6.53. The first kappa shape index (κ1) is 21.3. The third kappa shape index (κ3) is 4.73. The van der Waals surface area contributed by atoms with Crippen LogP contribution in [0.25, 0.3) is 15.9 Å². The summed E-state index contributed by atoms with van der Waals surface area (Å²) < 4.78 is 1.61. The van der Waals surface area contributed by atoms with Gasteiger partial charge in [0.05, 0.1) is 16.8 Å². The summed E-state index contributed by atoms with van der Waals surface area (Å²) in [7, 11) is 0. The first-order valence-corrected chi connectivity index (χ1v) is 11.9. The predicted octanol–water partition coefficient (Wildman–Crippen LogP) is 4.52. The number of carbonyl (C=O) groups excluding carboxylic acids is 1. The standard InChI is InChI=1S/C24H23N3O2S2/c1-16-17(2)31-22-21(16)23(29)27(19-11-7-4-8-12-19)24(26-22)30-15-20(28)25-14-13-18-9-5-3-6-10-18/h3-12H,13-15H2,1-2H3,(H,25,28). The highest BCUT2D eigenvalue weighted by Crippen LogP contribution is 2.29. The number of hydrogen-bond acceptors (Lipinski definition) is 5. The average Bonchev–Trinajstić information content (AvgIpc) is 3.07. The van der Waals surface area contributed by atoms with Gasteiger partial charge < -0.3 is 5.32 Å². The van der Waals surface area contributed by atoms with Crippen LogP contribution in [0, 0.1) is 13.8 Å². The van der Waals surface area contributed by atoms with Gasteiger partial charge in [0.15, 0.2) is 5.16 Å². The molecule has 7 heteroatoms. The Labute approximate surface area is 189 Å². The summed E-state index contributed by atoms with van der Waals surface area (Å²) in [5, 5.41) is 4.14. The van der Waals surface area contributed by atoms with Gasteiger partial charge in [0.25, 0.3) is 5.56 Å². The van der Waals surface area contributed by atoms with Gasteiger partial charge in [0.2, 0.25) is 5.91 Å². The second kappa shape index (κ2) is 9.49. The molecule has 2 heterocycles. The van der Waals surface area contributed by atoms with Crippen molar-refractivity contribution in [1.29, 1.82) is 0 Å². The summed E-state index contributed by atoms with van der Waals surface area (Å²) in [6, 6.07) is 19.5. The van der Waals surface area contributed by atoms with Crippen molar-refractivity contribution in [2.24, 2.45) is 0 Å². The summed E-state index contributed by atoms with van der Waals surface area (Å²) >= 11 is 2.81. The van der Waals surface area contributed by atoms with Gasteiger partial charge in [0.1, 0.15) is 4.83 Å². The molecular formula is C24H23N3O2S2. The Bertz CT molecular complexity index is 1260. The Hall–Kier alpha value is -2.90. The Morgan fingerprint density at radius 2 is 1.74 bits per heavy atom. The molecule has 0 aliphatic heterocycles. The van der Waals surface area contributed by atoms with Crippen molar-refractivity contribution in [3.8, 4) is 5.69 Å². The highest BCUT2D eigenvalue weighted by Gasteiger charge is 2.18. The monoisotopic (exact) mass is 449 g/mol. The van der Waals surface area contributed by atoms with Gasteiger partial charge in [-0.2, -0.15) is 0 Å². The van der Waals surface area contributed by atoms with Crippen LogP contribution >= 0.6 is 23.1 Å². The molecule has 0 bridgehead atoms. The molecule has 1 amide bonds. The van der Waals surface area contributed by atoms with Crippen molar-refractivity contribution in [3.05, 3.63) is 87.0 Å². The number of aryl methyl sites for hydroxylation is 2. The number of benzene rings is 2. The number of rotatable bonds is 7. The first-order chi connectivity index (χ1) is 15.0. The molecule has 0 unspecified atom stereocenters. The van der Waals surface area contributed by atoms with Crippen LogP contribution in [-0.2, 0) is 11.2 Å². The lowest BCUT2D eigenvalue weighted by Gasteiger charge is -2.12. The summed E-state index contributed by atoms with van der Waals surface area (Å²) in [6.07, 6.45) is 0.782. The lowest BCUT2D eigenvalue weighted by atomic mass is 10.1. The van der Waals surface area contributed by atoms with Gasteiger partial charge in [-0.1, -0.05) is 60.3 Å². The van der Waals surface area contributed by atoms with Crippen LogP contribution < -0.4 is 10.9 Å². The topological polar surface area (TPSA) is 64.0 Å². The van der Waals surface area contributed by atoms with Crippen molar-refractivity contribution >= 4 is 39.2 Å². The third-order valence-corrected chi connectivity index (χ3v) is 7.14. The minimum Gasteiger partial charge on any atom is -0.355 e. The number of aromatic nitrogens is 2.